The molecule has 0 atom stereocenters. The van der Waals surface area contributed by atoms with E-state index in [1.807, 2.05) is 25.1 Å². The lowest BCUT2D eigenvalue weighted by atomic mass is 10.3. The lowest BCUT2D eigenvalue weighted by Crippen LogP contribution is -2.13. The van der Waals surface area contributed by atoms with Gasteiger partial charge in [0.1, 0.15) is 0 Å². The van der Waals surface area contributed by atoms with Crippen LogP contribution in [0, 0.1) is 13.8 Å². The average molecular weight is 346 g/mol. The molecule has 6 nitrogen and oxygen atoms in total. The van der Waals surface area contributed by atoms with Gasteiger partial charge in [-0.1, -0.05) is 0 Å². The molecular weight excluding hydrogens is 332 g/mol. The maximum absolute atomic E-state index is 12.1. The van der Waals surface area contributed by atoms with Crippen molar-refractivity contribution in [3.8, 4) is 10.8 Å². The molecule has 0 aliphatic rings. The highest BCUT2D eigenvalue weighted by Crippen LogP contribution is 2.33. The molecule has 0 aliphatic carbocycles. The van der Waals surface area contributed by atoms with Crippen LogP contribution >= 0.6 is 23.1 Å². The topological polar surface area (TPSA) is 80.9 Å². The van der Waals surface area contributed by atoms with Gasteiger partial charge in [-0.2, -0.15) is 0 Å². The van der Waals surface area contributed by atoms with Crippen LogP contribution in [0.1, 0.15) is 10.8 Å². The van der Waals surface area contributed by atoms with E-state index in [0.717, 1.165) is 20.3 Å². The van der Waals surface area contributed by atoms with Gasteiger partial charge in [-0.15, -0.1) is 33.3 Å². The van der Waals surface area contributed by atoms with Gasteiger partial charge in [0.05, 0.1) is 16.3 Å². The highest BCUT2D eigenvalue weighted by Gasteiger charge is 2.14. The van der Waals surface area contributed by atoms with Crippen LogP contribution in [0.2, 0.25) is 0 Å². The summed E-state index contributed by atoms with van der Waals surface area (Å²) in [6.07, 6.45) is 3.42. The fourth-order valence-corrected chi connectivity index (χ4v) is 3.46. The zero-order valence-electron chi connectivity index (χ0n) is 12.6. The van der Waals surface area contributed by atoms with Crippen LogP contribution in [0.3, 0.4) is 0 Å². The normalized spacial score (nSPS) is 10.7. The second kappa shape index (κ2) is 6.93. The fourth-order valence-electron chi connectivity index (χ4n) is 1.88. The zero-order chi connectivity index (χ0) is 16.2. The first kappa shape index (κ1) is 15.7. The summed E-state index contributed by atoms with van der Waals surface area (Å²) in [5, 5.41) is 10.7. The van der Waals surface area contributed by atoms with Crippen molar-refractivity contribution in [1.29, 1.82) is 0 Å². The van der Waals surface area contributed by atoms with Crippen LogP contribution in [0.5, 0.6) is 0 Å². The minimum atomic E-state index is -0.0547. The van der Waals surface area contributed by atoms with Gasteiger partial charge in [0, 0.05) is 29.1 Å². The molecule has 0 saturated heterocycles. The molecule has 23 heavy (non-hydrogen) atoms. The third-order valence-electron chi connectivity index (χ3n) is 2.95. The van der Waals surface area contributed by atoms with Crippen molar-refractivity contribution in [3.05, 3.63) is 41.4 Å². The number of carbonyl (C=O) groups excluding carboxylic acids is 1. The number of amides is 1. The van der Waals surface area contributed by atoms with Gasteiger partial charge in [0.25, 0.3) is 5.89 Å². The van der Waals surface area contributed by atoms with E-state index in [2.05, 4.69) is 20.5 Å². The lowest BCUT2D eigenvalue weighted by molar-refractivity contribution is -0.113. The SMILES string of the molecule is Cc1nnc(-c2cc(NC(=O)CSc3ccncc3)c(C)s2)o1. The molecule has 3 aromatic heterocycles. The number of thiophene rings is 1. The summed E-state index contributed by atoms with van der Waals surface area (Å²) in [5.74, 6) is 1.28. The predicted octanol–water partition coefficient (Wildman–Crippen LogP) is 3.54. The van der Waals surface area contributed by atoms with Crippen molar-refractivity contribution in [2.24, 2.45) is 0 Å². The predicted molar refractivity (Wildman–Crippen MR) is 90.7 cm³/mol. The average Bonchev–Trinajstić information content (AvgIpc) is 3.13. The third kappa shape index (κ3) is 3.96. The van der Waals surface area contributed by atoms with E-state index < -0.39 is 0 Å². The van der Waals surface area contributed by atoms with Crippen LogP contribution in [0.4, 0.5) is 5.69 Å². The summed E-state index contributed by atoms with van der Waals surface area (Å²) < 4.78 is 5.41. The maximum Gasteiger partial charge on any atom is 0.257 e. The molecule has 0 aliphatic heterocycles. The molecule has 0 aromatic carbocycles. The first-order chi connectivity index (χ1) is 11.1. The molecule has 3 heterocycles. The fraction of sp³-hybridized carbons (Fsp3) is 0.200. The number of rotatable bonds is 5. The first-order valence-corrected chi connectivity index (χ1v) is 8.65. The van der Waals surface area contributed by atoms with Crippen molar-refractivity contribution < 1.29 is 9.21 Å². The number of aryl methyl sites for hydroxylation is 2. The van der Waals surface area contributed by atoms with Crippen molar-refractivity contribution in [3.63, 3.8) is 0 Å². The van der Waals surface area contributed by atoms with Crippen LogP contribution in [-0.4, -0.2) is 26.8 Å². The van der Waals surface area contributed by atoms with Crippen molar-refractivity contribution in [2.75, 3.05) is 11.1 Å². The molecule has 3 aromatic rings. The Morgan fingerprint density at radius 3 is 2.78 bits per heavy atom. The molecule has 0 radical (unpaired) electrons. The van der Waals surface area contributed by atoms with E-state index in [0.29, 0.717) is 17.5 Å². The van der Waals surface area contributed by atoms with E-state index in [-0.39, 0.29) is 5.91 Å². The van der Waals surface area contributed by atoms with Gasteiger partial charge in [0.2, 0.25) is 11.8 Å². The summed E-state index contributed by atoms with van der Waals surface area (Å²) in [5.41, 5.74) is 0.779. The van der Waals surface area contributed by atoms with Crippen LogP contribution < -0.4 is 5.32 Å². The number of hydrogen-bond donors (Lipinski definition) is 1. The Balaban J connectivity index is 1.63. The van der Waals surface area contributed by atoms with Gasteiger partial charge in [0.15, 0.2) is 0 Å². The number of thioether (sulfide) groups is 1. The Morgan fingerprint density at radius 1 is 1.30 bits per heavy atom. The van der Waals surface area contributed by atoms with Gasteiger partial charge >= 0.3 is 0 Å². The first-order valence-electron chi connectivity index (χ1n) is 6.85. The second-order valence-electron chi connectivity index (χ2n) is 4.73. The molecule has 0 bridgehead atoms. The van der Waals surface area contributed by atoms with Crippen molar-refractivity contribution in [2.45, 2.75) is 18.7 Å². The highest BCUT2D eigenvalue weighted by molar-refractivity contribution is 8.00. The Morgan fingerprint density at radius 2 is 2.09 bits per heavy atom. The summed E-state index contributed by atoms with van der Waals surface area (Å²) in [6, 6.07) is 5.62. The zero-order valence-corrected chi connectivity index (χ0v) is 14.2. The maximum atomic E-state index is 12.1. The van der Waals surface area contributed by atoms with E-state index in [1.54, 1.807) is 19.3 Å². The number of nitrogens with zero attached hydrogens (tertiary/aromatic N) is 3. The highest BCUT2D eigenvalue weighted by atomic mass is 32.2. The number of aromatic nitrogens is 3. The Bertz CT molecular complexity index is 814. The standard InChI is InChI=1S/C15H14N4O2S2/c1-9-12(7-13(23-9)15-19-18-10(2)21-15)17-14(20)8-22-11-3-5-16-6-4-11/h3-7H,8H2,1-2H3,(H,17,20). The van der Waals surface area contributed by atoms with Crippen LogP contribution in [0.25, 0.3) is 10.8 Å². The molecule has 0 fully saturated rings. The van der Waals surface area contributed by atoms with E-state index in [4.69, 9.17) is 4.42 Å². The molecule has 0 unspecified atom stereocenters. The molecule has 1 amide bonds. The van der Waals surface area contributed by atoms with Gasteiger partial charge in [-0.25, -0.2) is 0 Å². The quantitative estimate of drug-likeness (QED) is 0.712. The number of nitrogens with one attached hydrogen (secondary N) is 1. The lowest BCUT2D eigenvalue weighted by Gasteiger charge is -2.04. The largest absolute Gasteiger partial charge is 0.420 e. The van der Waals surface area contributed by atoms with Gasteiger partial charge < -0.3 is 9.73 Å². The summed E-state index contributed by atoms with van der Waals surface area (Å²) >= 11 is 2.98. The number of carbonyl (C=O) groups is 1. The number of pyridine rings is 1. The molecule has 118 valence electrons. The summed E-state index contributed by atoms with van der Waals surface area (Å²) in [6.45, 7) is 3.69. The molecule has 3 rings (SSSR count). The van der Waals surface area contributed by atoms with Crippen molar-refractivity contribution >= 4 is 34.7 Å². The number of anilines is 1. The minimum absolute atomic E-state index is 0.0547. The Labute approximate surface area is 141 Å². The van der Waals surface area contributed by atoms with Gasteiger partial charge in [-0.3, -0.25) is 9.78 Å². The molecule has 1 N–H and O–H groups in total. The van der Waals surface area contributed by atoms with E-state index >= 15 is 0 Å². The van der Waals surface area contributed by atoms with Crippen LogP contribution in [0.15, 0.2) is 39.9 Å². The molecule has 8 heteroatoms. The van der Waals surface area contributed by atoms with E-state index in [1.165, 1.54) is 23.1 Å². The van der Waals surface area contributed by atoms with Crippen molar-refractivity contribution in [1.82, 2.24) is 15.2 Å². The third-order valence-corrected chi connectivity index (χ3v) is 5.00. The summed E-state index contributed by atoms with van der Waals surface area (Å²) in [7, 11) is 0. The smallest absolute Gasteiger partial charge is 0.257 e. The van der Waals surface area contributed by atoms with Crippen LogP contribution in [-0.2, 0) is 4.79 Å². The number of hydrogen-bond acceptors (Lipinski definition) is 7. The Kier molecular flexibility index (Phi) is 4.73. The summed E-state index contributed by atoms with van der Waals surface area (Å²) in [4.78, 5) is 18.9. The Hall–Kier alpha value is -2.19. The molecular formula is C15H14N4O2S2. The second-order valence-corrected chi connectivity index (χ2v) is 7.03. The van der Waals surface area contributed by atoms with E-state index in [9.17, 15) is 4.79 Å². The monoisotopic (exact) mass is 346 g/mol. The molecule has 0 spiro atoms. The minimum Gasteiger partial charge on any atom is -0.420 e. The van der Waals surface area contributed by atoms with Gasteiger partial charge in [-0.05, 0) is 25.1 Å². The molecule has 0 saturated carbocycles.